The fourth-order valence-electron chi connectivity index (χ4n) is 2.53. The molecular weight excluding hydrogens is 274 g/mol. The van der Waals surface area contributed by atoms with Gasteiger partial charge in [-0.05, 0) is 38.1 Å². The Morgan fingerprint density at radius 2 is 1.68 bits per heavy atom. The second-order valence-corrected chi connectivity index (χ2v) is 5.81. The molecule has 0 amide bonds. The standard InChI is InChI=1S/C18H27N3O/c1-3-5-11-21(12-6-4-2)14-18(22)17-13-19-15-9-7-8-10-16(15)20-17/h7-10,13,18,22H,3-6,11-12,14H2,1-2H3. The molecule has 1 heterocycles. The summed E-state index contributed by atoms with van der Waals surface area (Å²) in [6.45, 7) is 7.10. The monoisotopic (exact) mass is 301 g/mol. The molecule has 2 aromatic rings. The highest BCUT2D eigenvalue weighted by molar-refractivity contribution is 5.73. The summed E-state index contributed by atoms with van der Waals surface area (Å²) in [6.07, 6.45) is 5.80. The number of aliphatic hydroxyl groups is 1. The van der Waals surface area contributed by atoms with Crippen molar-refractivity contribution in [3.63, 3.8) is 0 Å². The van der Waals surface area contributed by atoms with E-state index in [1.165, 1.54) is 25.7 Å². The normalized spacial score (nSPS) is 12.9. The van der Waals surface area contributed by atoms with E-state index in [1.54, 1.807) is 6.20 Å². The van der Waals surface area contributed by atoms with Crippen molar-refractivity contribution in [1.29, 1.82) is 0 Å². The van der Waals surface area contributed by atoms with E-state index >= 15 is 0 Å². The van der Waals surface area contributed by atoms with E-state index in [2.05, 4.69) is 28.7 Å². The third kappa shape index (κ3) is 4.75. The van der Waals surface area contributed by atoms with E-state index < -0.39 is 6.10 Å². The molecule has 0 aliphatic rings. The van der Waals surface area contributed by atoms with Crippen molar-refractivity contribution in [2.45, 2.75) is 45.6 Å². The number of aromatic nitrogens is 2. The Labute approximate surface area is 133 Å². The van der Waals surface area contributed by atoms with Crippen LogP contribution in [0.4, 0.5) is 0 Å². The van der Waals surface area contributed by atoms with Gasteiger partial charge in [-0.1, -0.05) is 38.8 Å². The van der Waals surface area contributed by atoms with Gasteiger partial charge in [-0.3, -0.25) is 4.98 Å². The average molecular weight is 301 g/mol. The first-order valence-corrected chi connectivity index (χ1v) is 8.36. The van der Waals surface area contributed by atoms with Gasteiger partial charge in [0.05, 0.1) is 22.9 Å². The van der Waals surface area contributed by atoms with Crippen LogP contribution in [0.1, 0.15) is 51.3 Å². The van der Waals surface area contributed by atoms with Gasteiger partial charge in [-0.25, -0.2) is 4.98 Å². The molecule has 1 unspecified atom stereocenters. The number of fused-ring (bicyclic) bond motifs is 1. The zero-order valence-corrected chi connectivity index (χ0v) is 13.7. The minimum atomic E-state index is -0.578. The molecule has 1 N–H and O–H groups in total. The van der Waals surface area contributed by atoms with Gasteiger partial charge in [-0.15, -0.1) is 0 Å². The molecule has 0 fully saturated rings. The molecule has 4 nitrogen and oxygen atoms in total. The highest BCUT2D eigenvalue weighted by Crippen LogP contribution is 2.16. The second kappa shape index (κ2) is 8.81. The molecule has 1 aromatic heterocycles. The maximum atomic E-state index is 10.5. The van der Waals surface area contributed by atoms with E-state index in [1.807, 2.05) is 24.3 Å². The summed E-state index contributed by atoms with van der Waals surface area (Å²) in [5.74, 6) is 0. The van der Waals surface area contributed by atoms with Crippen LogP contribution in [0.5, 0.6) is 0 Å². The minimum Gasteiger partial charge on any atom is -0.385 e. The van der Waals surface area contributed by atoms with Gasteiger partial charge in [0.15, 0.2) is 0 Å². The highest BCUT2D eigenvalue weighted by Gasteiger charge is 2.15. The summed E-state index contributed by atoms with van der Waals surface area (Å²) in [5.41, 5.74) is 2.37. The van der Waals surface area contributed by atoms with Crippen molar-refractivity contribution in [3.8, 4) is 0 Å². The van der Waals surface area contributed by atoms with E-state index in [4.69, 9.17) is 0 Å². The fraction of sp³-hybridized carbons (Fsp3) is 0.556. The molecule has 4 heteroatoms. The zero-order chi connectivity index (χ0) is 15.8. The number of para-hydroxylation sites is 2. The molecule has 0 saturated carbocycles. The molecule has 0 bridgehead atoms. The Morgan fingerprint density at radius 3 is 2.32 bits per heavy atom. The van der Waals surface area contributed by atoms with E-state index in [9.17, 15) is 5.11 Å². The van der Waals surface area contributed by atoms with Gasteiger partial charge in [-0.2, -0.15) is 0 Å². The Morgan fingerprint density at radius 1 is 1.05 bits per heavy atom. The summed E-state index contributed by atoms with van der Waals surface area (Å²) >= 11 is 0. The Kier molecular flexibility index (Phi) is 6.74. The van der Waals surface area contributed by atoms with E-state index in [0.717, 1.165) is 24.1 Å². The van der Waals surface area contributed by atoms with Crippen molar-refractivity contribution in [2.24, 2.45) is 0 Å². The van der Waals surface area contributed by atoms with E-state index in [-0.39, 0.29) is 0 Å². The molecule has 0 aliphatic carbocycles. The number of hydrogen-bond donors (Lipinski definition) is 1. The second-order valence-electron chi connectivity index (χ2n) is 5.81. The first-order chi connectivity index (χ1) is 10.7. The van der Waals surface area contributed by atoms with Crippen LogP contribution in [0.3, 0.4) is 0 Å². The van der Waals surface area contributed by atoms with Crippen molar-refractivity contribution >= 4 is 11.0 Å². The van der Waals surface area contributed by atoms with Crippen LogP contribution in [-0.4, -0.2) is 39.6 Å². The maximum Gasteiger partial charge on any atom is 0.110 e. The summed E-state index contributed by atoms with van der Waals surface area (Å²) < 4.78 is 0. The summed E-state index contributed by atoms with van der Waals surface area (Å²) in [6, 6.07) is 7.77. The molecule has 1 atom stereocenters. The number of hydrogen-bond acceptors (Lipinski definition) is 4. The number of benzene rings is 1. The summed E-state index contributed by atoms with van der Waals surface area (Å²) in [7, 11) is 0. The first kappa shape index (κ1) is 16.8. The smallest absolute Gasteiger partial charge is 0.110 e. The first-order valence-electron chi connectivity index (χ1n) is 8.36. The van der Waals surface area contributed by atoms with E-state index in [0.29, 0.717) is 12.2 Å². The van der Waals surface area contributed by atoms with Crippen LogP contribution < -0.4 is 0 Å². The fourth-order valence-corrected chi connectivity index (χ4v) is 2.53. The van der Waals surface area contributed by atoms with Crippen LogP contribution in [0, 0.1) is 0 Å². The number of rotatable bonds is 9. The third-order valence-electron chi connectivity index (χ3n) is 3.90. The topological polar surface area (TPSA) is 49.2 Å². The average Bonchev–Trinajstić information content (AvgIpc) is 2.56. The molecule has 0 spiro atoms. The Hall–Kier alpha value is -1.52. The minimum absolute atomic E-state index is 0.578. The van der Waals surface area contributed by atoms with Crippen molar-refractivity contribution in [3.05, 3.63) is 36.2 Å². The number of unbranched alkanes of at least 4 members (excludes halogenated alkanes) is 2. The lowest BCUT2D eigenvalue weighted by Crippen LogP contribution is -2.31. The molecule has 120 valence electrons. The molecule has 0 saturated heterocycles. The lowest BCUT2D eigenvalue weighted by Gasteiger charge is -2.24. The van der Waals surface area contributed by atoms with Gasteiger partial charge in [0.1, 0.15) is 6.10 Å². The van der Waals surface area contributed by atoms with Crippen LogP contribution in [0.25, 0.3) is 11.0 Å². The van der Waals surface area contributed by atoms with Gasteiger partial charge < -0.3 is 10.0 Å². The van der Waals surface area contributed by atoms with Crippen molar-refractivity contribution in [1.82, 2.24) is 14.9 Å². The highest BCUT2D eigenvalue weighted by atomic mass is 16.3. The zero-order valence-electron chi connectivity index (χ0n) is 13.7. The van der Waals surface area contributed by atoms with Gasteiger partial charge >= 0.3 is 0 Å². The van der Waals surface area contributed by atoms with Crippen LogP contribution >= 0.6 is 0 Å². The number of aliphatic hydroxyl groups excluding tert-OH is 1. The molecular formula is C18H27N3O. The molecule has 22 heavy (non-hydrogen) atoms. The number of nitrogens with zero attached hydrogens (tertiary/aromatic N) is 3. The molecule has 0 radical (unpaired) electrons. The lowest BCUT2D eigenvalue weighted by atomic mass is 10.2. The predicted octanol–water partition coefficient (Wildman–Crippen LogP) is 3.57. The molecule has 2 rings (SSSR count). The largest absolute Gasteiger partial charge is 0.385 e. The quantitative estimate of drug-likeness (QED) is 0.769. The predicted molar refractivity (Wildman–Crippen MR) is 90.8 cm³/mol. The van der Waals surface area contributed by atoms with Crippen molar-refractivity contribution < 1.29 is 5.11 Å². The summed E-state index contributed by atoms with van der Waals surface area (Å²) in [5, 5.41) is 10.5. The Bertz CT molecular complexity index is 565. The molecule has 1 aromatic carbocycles. The lowest BCUT2D eigenvalue weighted by molar-refractivity contribution is 0.108. The van der Waals surface area contributed by atoms with Gasteiger partial charge in [0, 0.05) is 6.54 Å². The van der Waals surface area contributed by atoms with Crippen LogP contribution in [-0.2, 0) is 0 Å². The molecule has 0 aliphatic heterocycles. The van der Waals surface area contributed by atoms with Gasteiger partial charge in [0.25, 0.3) is 0 Å². The van der Waals surface area contributed by atoms with Crippen LogP contribution in [0.15, 0.2) is 30.5 Å². The maximum absolute atomic E-state index is 10.5. The van der Waals surface area contributed by atoms with Gasteiger partial charge in [0.2, 0.25) is 0 Å². The van der Waals surface area contributed by atoms with Crippen molar-refractivity contribution in [2.75, 3.05) is 19.6 Å². The van der Waals surface area contributed by atoms with Crippen LogP contribution in [0.2, 0.25) is 0 Å². The Balaban J connectivity index is 2.04. The summed E-state index contributed by atoms with van der Waals surface area (Å²) in [4.78, 5) is 11.3. The SMILES string of the molecule is CCCCN(CCCC)CC(O)c1cnc2ccccc2n1. The third-order valence-corrected chi connectivity index (χ3v) is 3.90.